The first kappa shape index (κ1) is 14.5. The predicted molar refractivity (Wildman–Crippen MR) is 76.7 cm³/mol. The molecule has 1 atom stereocenters. The highest BCUT2D eigenvalue weighted by molar-refractivity contribution is 9.10. The van der Waals surface area contributed by atoms with E-state index in [9.17, 15) is 9.18 Å². The van der Waals surface area contributed by atoms with Crippen molar-refractivity contribution in [2.75, 3.05) is 20.1 Å². The number of nitrogens with zero attached hydrogens (tertiary/aromatic N) is 1. The number of nitrogens with one attached hydrogen (secondary N) is 1. The molecule has 1 N–H and O–H groups in total. The van der Waals surface area contributed by atoms with Crippen LogP contribution in [0.2, 0.25) is 0 Å². The molecule has 1 unspecified atom stereocenters. The lowest BCUT2D eigenvalue weighted by Crippen LogP contribution is -2.44. The van der Waals surface area contributed by atoms with Crippen LogP contribution in [-0.2, 0) is 0 Å². The Hall–Kier alpha value is -0.940. The molecule has 2 rings (SSSR count). The van der Waals surface area contributed by atoms with Gasteiger partial charge in [-0.2, -0.15) is 0 Å². The Balaban J connectivity index is 2.01. The third-order valence-corrected chi connectivity index (χ3v) is 3.91. The molecule has 19 heavy (non-hydrogen) atoms. The number of likely N-dealkylation sites (N-methyl/N-ethyl adjacent to an activating group) is 1. The number of amides is 1. The van der Waals surface area contributed by atoms with E-state index in [1.807, 2.05) is 0 Å². The average Bonchev–Trinajstić information content (AvgIpc) is 2.39. The zero-order chi connectivity index (χ0) is 13.8. The summed E-state index contributed by atoms with van der Waals surface area (Å²) in [6.07, 6.45) is 3.45. The monoisotopic (exact) mass is 328 g/mol. The second kappa shape index (κ2) is 6.48. The second-order valence-electron chi connectivity index (χ2n) is 4.96. The second-order valence-corrected chi connectivity index (χ2v) is 5.87. The summed E-state index contributed by atoms with van der Waals surface area (Å²) in [6, 6.07) is 4.84. The molecule has 0 aromatic heterocycles. The van der Waals surface area contributed by atoms with Crippen molar-refractivity contribution >= 4 is 21.8 Å². The largest absolute Gasteiger partial charge is 0.340 e. The van der Waals surface area contributed by atoms with Crippen LogP contribution in [0.4, 0.5) is 4.39 Å². The molecule has 0 bridgehead atoms. The van der Waals surface area contributed by atoms with Gasteiger partial charge >= 0.3 is 0 Å². The number of piperidine rings is 1. The van der Waals surface area contributed by atoms with Gasteiger partial charge in [-0.15, -0.1) is 0 Å². The Morgan fingerprint density at radius 1 is 1.53 bits per heavy atom. The van der Waals surface area contributed by atoms with E-state index >= 15 is 0 Å². The standard InChI is InChI=1S/C14H18BrFN2O/c1-18(9-11-4-2-3-7-17-11)14(19)12-6-5-10(15)8-13(12)16/h5-6,8,11,17H,2-4,7,9H2,1H3. The van der Waals surface area contributed by atoms with Crippen LogP contribution in [-0.4, -0.2) is 37.0 Å². The molecule has 104 valence electrons. The first-order valence-corrected chi connectivity index (χ1v) is 7.31. The van der Waals surface area contributed by atoms with Gasteiger partial charge in [0.1, 0.15) is 5.82 Å². The van der Waals surface area contributed by atoms with E-state index in [0.717, 1.165) is 13.0 Å². The summed E-state index contributed by atoms with van der Waals surface area (Å²) in [5.74, 6) is -0.750. The van der Waals surface area contributed by atoms with Gasteiger partial charge in [0, 0.05) is 24.1 Å². The van der Waals surface area contributed by atoms with Gasteiger partial charge < -0.3 is 10.2 Å². The highest BCUT2D eigenvalue weighted by atomic mass is 79.9. The number of hydrogen-bond donors (Lipinski definition) is 1. The number of halogens is 2. The van der Waals surface area contributed by atoms with Crippen LogP contribution in [0.25, 0.3) is 0 Å². The molecule has 0 aliphatic carbocycles. The van der Waals surface area contributed by atoms with Crippen molar-refractivity contribution in [3.8, 4) is 0 Å². The molecule has 0 saturated carbocycles. The topological polar surface area (TPSA) is 32.3 Å². The molecule has 1 amide bonds. The van der Waals surface area contributed by atoms with Crippen molar-refractivity contribution in [2.24, 2.45) is 0 Å². The Bertz CT molecular complexity index is 461. The highest BCUT2D eigenvalue weighted by Gasteiger charge is 2.20. The zero-order valence-corrected chi connectivity index (χ0v) is 12.5. The molecule has 1 aliphatic rings. The lowest BCUT2D eigenvalue weighted by atomic mass is 10.0. The Labute approximate surface area is 121 Å². The maximum Gasteiger partial charge on any atom is 0.256 e. The summed E-state index contributed by atoms with van der Waals surface area (Å²) in [4.78, 5) is 13.8. The summed E-state index contributed by atoms with van der Waals surface area (Å²) >= 11 is 3.19. The van der Waals surface area contributed by atoms with Crippen molar-refractivity contribution in [3.63, 3.8) is 0 Å². The molecule has 5 heteroatoms. The summed E-state index contributed by atoms with van der Waals surface area (Å²) in [5.41, 5.74) is 0.126. The van der Waals surface area contributed by atoms with E-state index in [1.165, 1.54) is 25.0 Å². The van der Waals surface area contributed by atoms with Gasteiger partial charge in [-0.05, 0) is 37.6 Å². The number of carbonyl (C=O) groups is 1. The minimum Gasteiger partial charge on any atom is -0.340 e. The molecular formula is C14H18BrFN2O. The van der Waals surface area contributed by atoms with E-state index in [2.05, 4.69) is 21.2 Å². The van der Waals surface area contributed by atoms with Gasteiger partial charge in [0.15, 0.2) is 0 Å². The van der Waals surface area contributed by atoms with Gasteiger partial charge in [-0.25, -0.2) is 4.39 Å². The van der Waals surface area contributed by atoms with Crippen LogP contribution in [0.15, 0.2) is 22.7 Å². The fraction of sp³-hybridized carbons (Fsp3) is 0.500. The van der Waals surface area contributed by atoms with Gasteiger partial charge in [0.25, 0.3) is 5.91 Å². The van der Waals surface area contributed by atoms with E-state index in [1.54, 1.807) is 18.0 Å². The van der Waals surface area contributed by atoms with Crippen LogP contribution < -0.4 is 5.32 Å². The fourth-order valence-corrected chi connectivity index (χ4v) is 2.70. The normalized spacial score (nSPS) is 19.2. The van der Waals surface area contributed by atoms with Crippen LogP contribution in [0, 0.1) is 5.82 Å². The number of carbonyl (C=O) groups excluding carboxylic acids is 1. The minimum atomic E-state index is -0.483. The zero-order valence-electron chi connectivity index (χ0n) is 11.0. The van der Waals surface area contributed by atoms with E-state index in [-0.39, 0.29) is 11.5 Å². The van der Waals surface area contributed by atoms with E-state index in [0.29, 0.717) is 17.1 Å². The lowest BCUT2D eigenvalue weighted by molar-refractivity contribution is 0.0770. The van der Waals surface area contributed by atoms with Crippen molar-refractivity contribution < 1.29 is 9.18 Å². The van der Waals surface area contributed by atoms with Crippen LogP contribution in [0.3, 0.4) is 0 Å². The summed E-state index contributed by atoms with van der Waals surface area (Å²) in [7, 11) is 1.72. The molecule has 1 aromatic carbocycles. The molecule has 1 fully saturated rings. The summed E-state index contributed by atoms with van der Waals surface area (Å²) in [5, 5.41) is 3.38. The average molecular weight is 329 g/mol. The van der Waals surface area contributed by atoms with Crippen molar-refractivity contribution in [2.45, 2.75) is 25.3 Å². The quantitative estimate of drug-likeness (QED) is 0.925. The van der Waals surface area contributed by atoms with E-state index < -0.39 is 5.82 Å². The third kappa shape index (κ3) is 3.76. The molecule has 3 nitrogen and oxygen atoms in total. The maximum absolute atomic E-state index is 13.7. The van der Waals surface area contributed by atoms with Crippen molar-refractivity contribution in [1.82, 2.24) is 10.2 Å². The Morgan fingerprint density at radius 2 is 2.32 bits per heavy atom. The van der Waals surface area contributed by atoms with Gasteiger partial charge in [0.2, 0.25) is 0 Å². The number of rotatable bonds is 3. The molecule has 1 aliphatic heterocycles. The first-order valence-electron chi connectivity index (χ1n) is 6.52. The fourth-order valence-electron chi connectivity index (χ4n) is 2.36. The Morgan fingerprint density at radius 3 is 2.95 bits per heavy atom. The summed E-state index contributed by atoms with van der Waals surface area (Å²) < 4.78 is 14.4. The molecule has 1 saturated heterocycles. The smallest absolute Gasteiger partial charge is 0.256 e. The van der Waals surface area contributed by atoms with Gasteiger partial charge in [-0.1, -0.05) is 22.4 Å². The molecular weight excluding hydrogens is 311 g/mol. The number of hydrogen-bond acceptors (Lipinski definition) is 2. The van der Waals surface area contributed by atoms with Crippen molar-refractivity contribution in [3.05, 3.63) is 34.1 Å². The molecule has 1 aromatic rings. The number of benzene rings is 1. The lowest BCUT2D eigenvalue weighted by Gasteiger charge is -2.28. The maximum atomic E-state index is 13.7. The Kier molecular flexibility index (Phi) is 4.93. The predicted octanol–water partition coefficient (Wildman–Crippen LogP) is 2.80. The molecule has 0 radical (unpaired) electrons. The summed E-state index contributed by atoms with van der Waals surface area (Å²) in [6.45, 7) is 1.62. The van der Waals surface area contributed by atoms with Crippen LogP contribution in [0.5, 0.6) is 0 Å². The first-order chi connectivity index (χ1) is 9.08. The van der Waals surface area contributed by atoms with Crippen LogP contribution in [0.1, 0.15) is 29.6 Å². The van der Waals surface area contributed by atoms with Gasteiger partial charge in [0.05, 0.1) is 5.56 Å². The van der Waals surface area contributed by atoms with Gasteiger partial charge in [-0.3, -0.25) is 4.79 Å². The van der Waals surface area contributed by atoms with Crippen LogP contribution >= 0.6 is 15.9 Å². The minimum absolute atomic E-state index is 0.126. The SMILES string of the molecule is CN(CC1CCCCN1)C(=O)c1ccc(Br)cc1F. The third-order valence-electron chi connectivity index (χ3n) is 3.41. The van der Waals surface area contributed by atoms with E-state index in [4.69, 9.17) is 0 Å². The van der Waals surface area contributed by atoms with Crippen molar-refractivity contribution in [1.29, 1.82) is 0 Å². The molecule has 0 spiro atoms. The highest BCUT2D eigenvalue weighted by Crippen LogP contribution is 2.17. The molecule has 1 heterocycles.